The summed E-state index contributed by atoms with van der Waals surface area (Å²) >= 11 is 1.76. The molecule has 0 spiro atoms. The first kappa shape index (κ1) is 14.2. The van der Waals surface area contributed by atoms with Crippen molar-refractivity contribution in [1.82, 2.24) is 10.6 Å². The molecule has 0 aliphatic rings. The Morgan fingerprint density at radius 3 is 2.76 bits per heavy atom. The van der Waals surface area contributed by atoms with Crippen molar-refractivity contribution in [2.45, 2.75) is 45.7 Å². The predicted molar refractivity (Wildman–Crippen MR) is 73.2 cm³/mol. The summed E-state index contributed by atoms with van der Waals surface area (Å²) in [6.07, 6.45) is 1.59. The number of rotatable bonds is 7. The van der Waals surface area contributed by atoms with Gasteiger partial charge in [0, 0.05) is 29.9 Å². The van der Waals surface area contributed by atoms with Gasteiger partial charge >= 0.3 is 0 Å². The molecule has 0 aromatic carbocycles. The van der Waals surface area contributed by atoms with Gasteiger partial charge in [-0.2, -0.15) is 0 Å². The van der Waals surface area contributed by atoms with Gasteiger partial charge in [-0.3, -0.25) is 4.79 Å². The van der Waals surface area contributed by atoms with Crippen LogP contribution in [0.4, 0.5) is 0 Å². The largest absolute Gasteiger partial charge is 0.354 e. The summed E-state index contributed by atoms with van der Waals surface area (Å²) < 4.78 is 0. The van der Waals surface area contributed by atoms with Crippen LogP contribution in [-0.2, 0) is 4.79 Å². The lowest BCUT2D eigenvalue weighted by Gasteiger charge is -2.15. The van der Waals surface area contributed by atoms with E-state index in [1.54, 1.807) is 11.3 Å². The van der Waals surface area contributed by atoms with Gasteiger partial charge in [0.2, 0.25) is 5.91 Å². The van der Waals surface area contributed by atoms with E-state index in [-0.39, 0.29) is 11.9 Å². The van der Waals surface area contributed by atoms with Crippen LogP contribution in [0.15, 0.2) is 17.5 Å². The van der Waals surface area contributed by atoms with Crippen LogP contribution in [0, 0.1) is 0 Å². The fourth-order valence-electron chi connectivity index (χ4n) is 1.69. The third-order valence-electron chi connectivity index (χ3n) is 2.49. The number of nitrogens with one attached hydrogen (secondary N) is 2. The second kappa shape index (κ2) is 7.45. The second-order valence-electron chi connectivity index (χ2n) is 4.40. The molecule has 1 aromatic heterocycles. The Morgan fingerprint density at radius 1 is 1.47 bits per heavy atom. The maximum Gasteiger partial charge on any atom is 0.221 e. The van der Waals surface area contributed by atoms with E-state index in [0.29, 0.717) is 12.5 Å². The highest BCUT2D eigenvalue weighted by molar-refractivity contribution is 7.10. The number of hydrogen-bond acceptors (Lipinski definition) is 3. The molecule has 1 unspecified atom stereocenters. The van der Waals surface area contributed by atoms with Crippen LogP contribution in [0.25, 0.3) is 0 Å². The summed E-state index contributed by atoms with van der Waals surface area (Å²) in [4.78, 5) is 12.8. The smallest absolute Gasteiger partial charge is 0.221 e. The van der Waals surface area contributed by atoms with Crippen LogP contribution in [0.3, 0.4) is 0 Å². The molecule has 0 saturated carbocycles. The van der Waals surface area contributed by atoms with Crippen LogP contribution >= 0.6 is 11.3 Å². The average Bonchev–Trinajstić information content (AvgIpc) is 2.76. The minimum absolute atomic E-state index is 0.119. The van der Waals surface area contributed by atoms with E-state index >= 15 is 0 Å². The van der Waals surface area contributed by atoms with Crippen LogP contribution in [0.1, 0.15) is 44.5 Å². The van der Waals surface area contributed by atoms with Crippen molar-refractivity contribution in [2.24, 2.45) is 0 Å². The standard InChI is InChI=1S/C13H22N2OS/c1-4-11(12-6-5-9-17-12)14-8-7-13(16)15-10(2)3/h5-6,9-11,14H,4,7-8H2,1-3H3,(H,15,16). The number of amides is 1. The van der Waals surface area contributed by atoms with E-state index in [0.717, 1.165) is 13.0 Å². The molecule has 1 rings (SSSR count). The molecule has 96 valence electrons. The third-order valence-corrected chi connectivity index (χ3v) is 3.47. The molecule has 1 aromatic rings. The number of thiophene rings is 1. The summed E-state index contributed by atoms with van der Waals surface area (Å²) in [5.41, 5.74) is 0. The fourth-order valence-corrected chi connectivity index (χ4v) is 2.58. The molecule has 17 heavy (non-hydrogen) atoms. The Hall–Kier alpha value is -0.870. The quantitative estimate of drug-likeness (QED) is 0.785. The molecule has 4 heteroatoms. The summed E-state index contributed by atoms with van der Waals surface area (Å²) in [6.45, 7) is 6.85. The van der Waals surface area contributed by atoms with Gasteiger partial charge < -0.3 is 10.6 Å². The molecule has 2 N–H and O–H groups in total. The van der Waals surface area contributed by atoms with Crippen LogP contribution < -0.4 is 10.6 Å². The average molecular weight is 254 g/mol. The van der Waals surface area contributed by atoms with Crippen molar-refractivity contribution < 1.29 is 4.79 Å². The van der Waals surface area contributed by atoms with Crippen molar-refractivity contribution in [2.75, 3.05) is 6.54 Å². The molecule has 1 atom stereocenters. The molecule has 0 aliphatic heterocycles. The predicted octanol–water partition coefficient (Wildman–Crippen LogP) is 2.70. The van der Waals surface area contributed by atoms with E-state index in [9.17, 15) is 4.79 Å². The Balaban J connectivity index is 2.27. The first-order valence-electron chi connectivity index (χ1n) is 6.19. The molecule has 0 aliphatic carbocycles. The molecule has 0 fully saturated rings. The van der Waals surface area contributed by atoms with Gasteiger partial charge in [0.1, 0.15) is 0 Å². The molecular weight excluding hydrogens is 232 g/mol. The highest BCUT2D eigenvalue weighted by Gasteiger charge is 2.10. The van der Waals surface area contributed by atoms with Gasteiger partial charge in [0.05, 0.1) is 0 Å². The minimum Gasteiger partial charge on any atom is -0.354 e. The van der Waals surface area contributed by atoms with Gasteiger partial charge in [-0.05, 0) is 31.7 Å². The second-order valence-corrected chi connectivity index (χ2v) is 5.38. The SMILES string of the molecule is CCC(NCCC(=O)NC(C)C)c1cccs1. The van der Waals surface area contributed by atoms with E-state index in [2.05, 4.69) is 35.1 Å². The number of hydrogen-bond donors (Lipinski definition) is 2. The van der Waals surface area contributed by atoms with Crippen LogP contribution in [0.5, 0.6) is 0 Å². The zero-order valence-corrected chi connectivity index (χ0v) is 11.6. The van der Waals surface area contributed by atoms with Crippen molar-refractivity contribution in [3.05, 3.63) is 22.4 Å². The Kier molecular flexibility index (Phi) is 6.22. The topological polar surface area (TPSA) is 41.1 Å². The minimum atomic E-state index is 0.119. The molecule has 1 heterocycles. The molecule has 0 radical (unpaired) electrons. The molecule has 0 bridgehead atoms. The fraction of sp³-hybridized carbons (Fsp3) is 0.615. The van der Waals surface area contributed by atoms with Gasteiger partial charge in [-0.15, -0.1) is 11.3 Å². The van der Waals surface area contributed by atoms with Crippen LogP contribution in [-0.4, -0.2) is 18.5 Å². The summed E-state index contributed by atoms with van der Waals surface area (Å²) in [5.74, 6) is 0.119. The maximum atomic E-state index is 11.5. The van der Waals surface area contributed by atoms with E-state index in [1.165, 1.54) is 4.88 Å². The van der Waals surface area contributed by atoms with Gasteiger partial charge in [-0.1, -0.05) is 13.0 Å². The van der Waals surface area contributed by atoms with Crippen LogP contribution in [0.2, 0.25) is 0 Å². The highest BCUT2D eigenvalue weighted by atomic mass is 32.1. The lowest BCUT2D eigenvalue weighted by atomic mass is 10.2. The highest BCUT2D eigenvalue weighted by Crippen LogP contribution is 2.21. The summed E-state index contributed by atoms with van der Waals surface area (Å²) in [6, 6.07) is 4.80. The number of carbonyl (C=O) groups is 1. The third kappa shape index (κ3) is 5.33. The van der Waals surface area contributed by atoms with E-state index in [1.807, 2.05) is 13.8 Å². The Morgan fingerprint density at radius 2 is 2.24 bits per heavy atom. The van der Waals surface area contributed by atoms with Gasteiger partial charge in [0.25, 0.3) is 0 Å². The summed E-state index contributed by atoms with van der Waals surface area (Å²) in [7, 11) is 0. The van der Waals surface area contributed by atoms with E-state index < -0.39 is 0 Å². The van der Waals surface area contributed by atoms with Gasteiger partial charge in [-0.25, -0.2) is 0 Å². The zero-order valence-electron chi connectivity index (χ0n) is 10.8. The zero-order chi connectivity index (χ0) is 12.7. The molecule has 1 amide bonds. The lowest BCUT2D eigenvalue weighted by molar-refractivity contribution is -0.121. The molecule has 0 saturated heterocycles. The van der Waals surface area contributed by atoms with Gasteiger partial charge in [0.15, 0.2) is 0 Å². The van der Waals surface area contributed by atoms with Crippen molar-refractivity contribution >= 4 is 17.2 Å². The monoisotopic (exact) mass is 254 g/mol. The molecular formula is C13H22N2OS. The maximum absolute atomic E-state index is 11.5. The van der Waals surface area contributed by atoms with Crippen molar-refractivity contribution in [3.63, 3.8) is 0 Å². The first-order chi connectivity index (χ1) is 8.13. The summed E-state index contributed by atoms with van der Waals surface area (Å²) in [5, 5.41) is 8.41. The first-order valence-corrected chi connectivity index (χ1v) is 7.07. The normalized spacial score (nSPS) is 12.7. The van der Waals surface area contributed by atoms with Crippen molar-refractivity contribution in [1.29, 1.82) is 0 Å². The lowest BCUT2D eigenvalue weighted by Crippen LogP contribution is -2.33. The number of carbonyl (C=O) groups excluding carboxylic acids is 1. The van der Waals surface area contributed by atoms with Crippen molar-refractivity contribution in [3.8, 4) is 0 Å². The Bertz CT molecular complexity index is 322. The van der Waals surface area contributed by atoms with E-state index in [4.69, 9.17) is 0 Å². The Labute approximate surface area is 108 Å². The molecule has 3 nitrogen and oxygen atoms in total.